The number of alkyl halides is 3. The molecule has 1 amide bonds. The van der Waals surface area contributed by atoms with Gasteiger partial charge in [0.1, 0.15) is 0 Å². The maximum absolute atomic E-state index is 13.5. The molecule has 1 aromatic heterocycles. The number of nitriles is 1. The van der Waals surface area contributed by atoms with Crippen LogP contribution in [0.2, 0.25) is 0 Å². The number of hydrogen-bond donors (Lipinski definition) is 4. The summed E-state index contributed by atoms with van der Waals surface area (Å²) >= 11 is 0. The number of benzene rings is 2. The van der Waals surface area contributed by atoms with Crippen LogP contribution in [-0.4, -0.2) is 27.2 Å². The molecular formula is C21H21F3N6O2. The van der Waals surface area contributed by atoms with Crippen LogP contribution in [0, 0.1) is 11.3 Å². The molecule has 0 aliphatic rings. The molecule has 0 unspecified atom stereocenters. The normalized spacial score (nSPS) is 11.4. The first kappa shape index (κ1) is 23.1. The van der Waals surface area contributed by atoms with E-state index in [1.54, 1.807) is 28.2 Å². The molecule has 0 radical (unpaired) electrons. The number of aryl methyl sites for hydroxylation is 1. The number of hydroxylamine groups is 1. The molecule has 0 saturated carbocycles. The summed E-state index contributed by atoms with van der Waals surface area (Å²) < 4.78 is 42.1. The number of unbranched alkanes of at least 4 members (excludes halogenated alkanes) is 2. The first-order valence-corrected chi connectivity index (χ1v) is 9.81. The first-order chi connectivity index (χ1) is 15.3. The number of nitrogens with two attached hydrogens (primary N) is 1. The largest absolute Gasteiger partial charge is 0.417 e. The van der Waals surface area contributed by atoms with E-state index in [9.17, 15) is 23.2 Å². The van der Waals surface area contributed by atoms with Crippen LogP contribution < -0.4 is 16.5 Å². The molecule has 1 heterocycles. The third-order valence-corrected chi connectivity index (χ3v) is 4.88. The molecular weight excluding hydrogens is 425 g/mol. The lowest BCUT2D eigenvalue weighted by Gasteiger charge is -2.13. The molecule has 32 heavy (non-hydrogen) atoms. The van der Waals surface area contributed by atoms with Gasteiger partial charge in [-0.1, -0.05) is 12.5 Å². The van der Waals surface area contributed by atoms with Gasteiger partial charge in [-0.05, 0) is 49.7 Å². The molecule has 0 spiro atoms. The van der Waals surface area contributed by atoms with Crippen molar-refractivity contribution in [2.45, 2.75) is 32.0 Å². The summed E-state index contributed by atoms with van der Waals surface area (Å²) in [7, 11) is 0. The second-order valence-electron chi connectivity index (χ2n) is 7.08. The number of nitrogens with zero attached hydrogens (tertiary/aromatic N) is 3. The average molecular weight is 446 g/mol. The maximum atomic E-state index is 13.5. The van der Waals surface area contributed by atoms with E-state index in [4.69, 9.17) is 10.9 Å². The first-order valence-electron chi connectivity index (χ1n) is 9.81. The number of aromatic nitrogens is 2. The van der Waals surface area contributed by atoms with E-state index >= 15 is 0 Å². The molecule has 0 saturated heterocycles. The van der Waals surface area contributed by atoms with Crippen LogP contribution in [0.1, 0.15) is 40.7 Å². The monoisotopic (exact) mass is 446 g/mol. The molecule has 3 aromatic rings. The molecule has 11 heteroatoms. The van der Waals surface area contributed by atoms with Crippen LogP contribution in [0.3, 0.4) is 0 Å². The van der Waals surface area contributed by atoms with Gasteiger partial charge in [-0.2, -0.15) is 18.4 Å². The standard InChI is InChI=1S/C21H21F3N6O2/c22-21(23,24)16-11-18-17(10-14(16)12-26)28-20(30(18)8-3-1-2-7-25)27-15-6-4-5-13(9-15)19(31)29-32/h4-6,9-11,32H,1-3,7-8,25H2,(H,27,28)(H,29,31). The summed E-state index contributed by atoms with van der Waals surface area (Å²) in [4.78, 5) is 16.1. The lowest BCUT2D eigenvalue weighted by Crippen LogP contribution is -2.18. The second kappa shape index (κ2) is 9.67. The van der Waals surface area contributed by atoms with Gasteiger partial charge in [-0.15, -0.1) is 0 Å². The highest BCUT2D eigenvalue weighted by molar-refractivity contribution is 5.94. The Balaban J connectivity index is 2.08. The number of anilines is 2. The molecule has 0 bridgehead atoms. The zero-order valence-electron chi connectivity index (χ0n) is 16.9. The van der Waals surface area contributed by atoms with Gasteiger partial charge in [0.05, 0.1) is 28.2 Å². The number of carbonyl (C=O) groups excluding carboxylic acids is 1. The minimum Gasteiger partial charge on any atom is -0.330 e. The number of imidazole rings is 1. The van der Waals surface area contributed by atoms with Crippen molar-refractivity contribution in [3.63, 3.8) is 0 Å². The summed E-state index contributed by atoms with van der Waals surface area (Å²) in [6, 6.07) is 9.82. The number of nitrogens with one attached hydrogen (secondary N) is 2. The van der Waals surface area contributed by atoms with Crippen LogP contribution in [0.15, 0.2) is 36.4 Å². The summed E-state index contributed by atoms with van der Waals surface area (Å²) in [5, 5.41) is 21.0. The molecule has 0 fully saturated rings. The lowest BCUT2D eigenvalue weighted by molar-refractivity contribution is -0.137. The third kappa shape index (κ3) is 4.99. The van der Waals surface area contributed by atoms with Gasteiger partial charge >= 0.3 is 6.18 Å². The van der Waals surface area contributed by atoms with Gasteiger partial charge < -0.3 is 15.6 Å². The minimum absolute atomic E-state index is 0.175. The zero-order chi connectivity index (χ0) is 23.3. The molecule has 8 nitrogen and oxygen atoms in total. The quantitative estimate of drug-likeness (QED) is 0.236. The molecule has 5 N–H and O–H groups in total. The van der Waals surface area contributed by atoms with Crippen molar-refractivity contribution in [3.05, 3.63) is 53.1 Å². The predicted octanol–water partition coefficient (Wildman–Crippen LogP) is 3.92. The molecule has 168 valence electrons. The van der Waals surface area contributed by atoms with Gasteiger partial charge in [0, 0.05) is 17.8 Å². The summed E-state index contributed by atoms with van der Waals surface area (Å²) in [6.07, 6.45) is -2.47. The number of amides is 1. The van der Waals surface area contributed by atoms with E-state index in [-0.39, 0.29) is 22.5 Å². The Labute approximate surface area is 181 Å². The fraction of sp³-hybridized carbons (Fsp3) is 0.286. The number of hydrogen-bond acceptors (Lipinski definition) is 6. The van der Waals surface area contributed by atoms with Crippen LogP contribution in [-0.2, 0) is 12.7 Å². The number of rotatable bonds is 8. The highest BCUT2D eigenvalue weighted by atomic mass is 19.4. The van der Waals surface area contributed by atoms with Crippen molar-refractivity contribution in [2.75, 3.05) is 11.9 Å². The van der Waals surface area contributed by atoms with Gasteiger partial charge in [0.15, 0.2) is 0 Å². The summed E-state index contributed by atoms with van der Waals surface area (Å²) in [5.74, 6) is -0.449. The highest BCUT2D eigenvalue weighted by Crippen LogP contribution is 2.35. The van der Waals surface area contributed by atoms with E-state index in [1.807, 2.05) is 0 Å². The smallest absolute Gasteiger partial charge is 0.330 e. The molecule has 2 aromatic carbocycles. The van der Waals surface area contributed by atoms with Crippen molar-refractivity contribution >= 4 is 28.6 Å². The fourth-order valence-electron chi connectivity index (χ4n) is 3.34. The minimum atomic E-state index is -4.69. The van der Waals surface area contributed by atoms with Crippen LogP contribution >= 0.6 is 0 Å². The van der Waals surface area contributed by atoms with Crippen molar-refractivity contribution in [3.8, 4) is 6.07 Å². The Morgan fingerprint density at radius 2 is 2.00 bits per heavy atom. The Bertz CT molecular complexity index is 1170. The second-order valence-corrected chi connectivity index (χ2v) is 7.08. The van der Waals surface area contributed by atoms with Gasteiger partial charge in [-0.3, -0.25) is 10.0 Å². The third-order valence-electron chi connectivity index (χ3n) is 4.88. The van der Waals surface area contributed by atoms with Gasteiger partial charge in [0.25, 0.3) is 5.91 Å². The zero-order valence-corrected chi connectivity index (χ0v) is 16.9. The van der Waals surface area contributed by atoms with Crippen LogP contribution in [0.5, 0.6) is 0 Å². The van der Waals surface area contributed by atoms with Crippen LogP contribution in [0.4, 0.5) is 24.8 Å². The summed E-state index contributed by atoms with van der Waals surface area (Å²) in [5.41, 5.74) is 6.62. The Morgan fingerprint density at radius 3 is 2.66 bits per heavy atom. The summed E-state index contributed by atoms with van der Waals surface area (Å²) in [6.45, 7) is 0.887. The molecule has 0 aliphatic heterocycles. The fourth-order valence-corrected chi connectivity index (χ4v) is 3.34. The van der Waals surface area contributed by atoms with Crippen molar-refractivity contribution in [1.29, 1.82) is 5.26 Å². The molecule has 0 atom stereocenters. The predicted molar refractivity (Wildman–Crippen MR) is 111 cm³/mol. The van der Waals surface area contributed by atoms with E-state index in [1.165, 1.54) is 12.1 Å². The Hall–Kier alpha value is -3.62. The van der Waals surface area contributed by atoms with E-state index in [0.717, 1.165) is 25.0 Å². The number of halogens is 3. The Morgan fingerprint density at radius 1 is 1.22 bits per heavy atom. The van der Waals surface area contributed by atoms with Gasteiger partial charge in [0.2, 0.25) is 5.95 Å². The van der Waals surface area contributed by atoms with Gasteiger partial charge in [-0.25, -0.2) is 10.5 Å². The highest BCUT2D eigenvalue weighted by Gasteiger charge is 2.34. The molecule has 0 aliphatic carbocycles. The number of carbonyl (C=O) groups is 1. The van der Waals surface area contributed by atoms with E-state index in [0.29, 0.717) is 25.2 Å². The Kier molecular flexibility index (Phi) is 6.97. The lowest BCUT2D eigenvalue weighted by atomic mass is 10.1. The van der Waals surface area contributed by atoms with Crippen LogP contribution in [0.25, 0.3) is 11.0 Å². The number of fused-ring (bicyclic) bond motifs is 1. The van der Waals surface area contributed by atoms with Crippen molar-refractivity contribution in [1.82, 2.24) is 15.0 Å². The van der Waals surface area contributed by atoms with E-state index in [2.05, 4.69) is 10.3 Å². The topological polar surface area (TPSA) is 129 Å². The van der Waals surface area contributed by atoms with E-state index < -0.39 is 23.2 Å². The SMILES string of the molecule is N#Cc1cc2nc(Nc3cccc(C(=O)NO)c3)n(CCCCCN)c2cc1C(F)(F)F. The molecule has 3 rings (SSSR count). The van der Waals surface area contributed by atoms with Crippen molar-refractivity contribution in [2.24, 2.45) is 5.73 Å². The average Bonchev–Trinajstić information content (AvgIpc) is 3.10. The maximum Gasteiger partial charge on any atom is 0.417 e. The van der Waals surface area contributed by atoms with Crippen molar-refractivity contribution < 1.29 is 23.2 Å².